The van der Waals surface area contributed by atoms with Crippen molar-refractivity contribution in [1.82, 2.24) is 19.6 Å². The second kappa shape index (κ2) is 6.94. The van der Waals surface area contributed by atoms with Gasteiger partial charge in [-0.1, -0.05) is 13.8 Å². The van der Waals surface area contributed by atoms with Crippen molar-refractivity contribution in [1.29, 1.82) is 0 Å². The Bertz CT molecular complexity index is 550. The summed E-state index contributed by atoms with van der Waals surface area (Å²) in [6.07, 6.45) is 0.401. The molecule has 0 radical (unpaired) electrons. The maximum Gasteiger partial charge on any atom is 0.272 e. The summed E-state index contributed by atoms with van der Waals surface area (Å²) in [4.78, 5) is 28.5. The molecule has 0 N–H and O–H groups in total. The van der Waals surface area contributed by atoms with Crippen molar-refractivity contribution < 1.29 is 9.59 Å². The molecule has 1 aliphatic heterocycles. The van der Waals surface area contributed by atoms with E-state index in [2.05, 4.69) is 18.9 Å². The van der Waals surface area contributed by atoms with E-state index in [1.807, 2.05) is 24.8 Å². The summed E-state index contributed by atoms with van der Waals surface area (Å²) in [5.41, 5.74) is 1.46. The average molecular weight is 306 g/mol. The first kappa shape index (κ1) is 16.5. The van der Waals surface area contributed by atoms with E-state index in [0.717, 1.165) is 12.2 Å². The van der Waals surface area contributed by atoms with Crippen molar-refractivity contribution in [3.8, 4) is 0 Å². The van der Waals surface area contributed by atoms with Gasteiger partial charge in [-0.25, -0.2) is 0 Å². The quantitative estimate of drug-likeness (QED) is 0.848. The Morgan fingerprint density at radius 1 is 1.32 bits per heavy atom. The largest absolute Gasteiger partial charge is 0.341 e. The van der Waals surface area contributed by atoms with E-state index in [1.54, 1.807) is 9.58 Å². The van der Waals surface area contributed by atoms with Gasteiger partial charge in [0.05, 0.1) is 5.69 Å². The molecule has 0 aliphatic carbocycles. The second-order valence-corrected chi connectivity index (χ2v) is 6.26. The molecule has 2 amide bonds. The van der Waals surface area contributed by atoms with Crippen LogP contribution in [0.5, 0.6) is 0 Å². The van der Waals surface area contributed by atoms with Gasteiger partial charge in [0.15, 0.2) is 0 Å². The summed E-state index contributed by atoms with van der Waals surface area (Å²) in [5.74, 6) is 0.557. The Hall–Kier alpha value is -1.85. The molecule has 0 atom stereocenters. The average Bonchev–Trinajstić information content (AvgIpc) is 2.76. The molecule has 0 bridgehead atoms. The number of hydrogen-bond donors (Lipinski definition) is 0. The number of nitrogens with zero attached hydrogens (tertiary/aromatic N) is 4. The molecule has 1 aromatic heterocycles. The second-order valence-electron chi connectivity index (χ2n) is 6.26. The zero-order valence-electron chi connectivity index (χ0n) is 14.0. The van der Waals surface area contributed by atoms with Crippen molar-refractivity contribution >= 4 is 11.8 Å². The monoisotopic (exact) mass is 306 g/mol. The highest BCUT2D eigenvalue weighted by Crippen LogP contribution is 2.13. The van der Waals surface area contributed by atoms with E-state index in [9.17, 15) is 9.59 Å². The fourth-order valence-electron chi connectivity index (χ4n) is 2.82. The standard InChI is InChI=1S/C16H26N4O2/c1-5-20-14(10-13(4)17-20)16(22)18-7-6-15(21)19(9-8-18)11-12(2)3/h10,12H,5-9,11H2,1-4H3. The third-order valence-electron chi connectivity index (χ3n) is 3.88. The van der Waals surface area contributed by atoms with E-state index in [0.29, 0.717) is 44.2 Å². The highest BCUT2D eigenvalue weighted by atomic mass is 16.2. The summed E-state index contributed by atoms with van der Waals surface area (Å²) in [6.45, 7) is 11.2. The van der Waals surface area contributed by atoms with E-state index >= 15 is 0 Å². The van der Waals surface area contributed by atoms with Crippen LogP contribution in [0.2, 0.25) is 0 Å². The van der Waals surface area contributed by atoms with Gasteiger partial charge in [0, 0.05) is 39.1 Å². The molecule has 6 heteroatoms. The van der Waals surface area contributed by atoms with E-state index in [1.165, 1.54) is 0 Å². The summed E-state index contributed by atoms with van der Waals surface area (Å²) in [5, 5.41) is 4.33. The van der Waals surface area contributed by atoms with Crippen LogP contribution in [-0.2, 0) is 11.3 Å². The molecular formula is C16H26N4O2. The molecule has 22 heavy (non-hydrogen) atoms. The first-order valence-electron chi connectivity index (χ1n) is 8.03. The van der Waals surface area contributed by atoms with Crippen molar-refractivity contribution in [3.63, 3.8) is 0 Å². The van der Waals surface area contributed by atoms with Gasteiger partial charge in [-0.05, 0) is 25.8 Å². The van der Waals surface area contributed by atoms with Crippen LogP contribution in [0.15, 0.2) is 6.07 Å². The Balaban J connectivity index is 2.10. The highest BCUT2D eigenvalue weighted by Gasteiger charge is 2.26. The van der Waals surface area contributed by atoms with Gasteiger partial charge in [0.25, 0.3) is 5.91 Å². The van der Waals surface area contributed by atoms with Gasteiger partial charge < -0.3 is 9.80 Å². The van der Waals surface area contributed by atoms with Crippen molar-refractivity contribution in [3.05, 3.63) is 17.5 Å². The lowest BCUT2D eigenvalue weighted by atomic mass is 10.2. The SMILES string of the molecule is CCn1nc(C)cc1C(=O)N1CCC(=O)N(CC(C)C)CC1. The molecular weight excluding hydrogens is 280 g/mol. The Kier molecular flexibility index (Phi) is 5.21. The summed E-state index contributed by atoms with van der Waals surface area (Å²) >= 11 is 0. The minimum Gasteiger partial charge on any atom is -0.341 e. The number of amides is 2. The third kappa shape index (κ3) is 3.67. The normalized spacial score (nSPS) is 16.3. The highest BCUT2D eigenvalue weighted by molar-refractivity contribution is 5.93. The van der Waals surface area contributed by atoms with Crippen LogP contribution >= 0.6 is 0 Å². The predicted molar refractivity (Wildman–Crippen MR) is 84.6 cm³/mol. The lowest BCUT2D eigenvalue weighted by Gasteiger charge is -2.23. The van der Waals surface area contributed by atoms with Gasteiger partial charge in [-0.3, -0.25) is 14.3 Å². The lowest BCUT2D eigenvalue weighted by molar-refractivity contribution is -0.130. The summed E-state index contributed by atoms with van der Waals surface area (Å²) in [6, 6.07) is 1.82. The zero-order valence-corrected chi connectivity index (χ0v) is 14.0. The number of carbonyl (C=O) groups is 2. The molecule has 1 fully saturated rings. The van der Waals surface area contributed by atoms with Crippen LogP contribution in [0.3, 0.4) is 0 Å². The van der Waals surface area contributed by atoms with Crippen LogP contribution < -0.4 is 0 Å². The molecule has 0 saturated carbocycles. The lowest BCUT2D eigenvalue weighted by Crippen LogP contribution is -2.38. The summed E-state index contributed by atoms with van der Waals surface area (Å²) in [7, 11) is 0. The Morgan fingerprint density at radius 2 is 2.05 bits per heavy atom. The number of hydrogen-bond acceptors (Lipinski definition) is 3. The van der Waals surface area contributed by atoms with Gasteiger partial charge in [0.1, 0.15) is 5.69 Å². The maximum absolute atomic E-state index is 12.7. The van der Waals surface area contributed by atoms with Crippen molar-refractivity contribution in [2.75, 3.05) is 26.2 Å². The Labute approximate surface area is 132 Å². The number of aromatic nitrogens is 2. The fraction of sp³-hybridized carbons (Fsp3) is 0.688. The third-order valence-corrected chi connectivity index (χ3v) is 3.88. The molecule has 0 spiro atoms. The van der Waals surface area contributed by atoms with E-state index < -0.39 is 0 Å². The van der Waals surface area contributed by atoms with E-state index in [-0.39, 0.29) is 11.8 Å². The van der Waals surface area contributed by atoms with Crippen LogP contribution in [0.4, 0.5) is 0 Å². The van der Waals surface area contributed by atoms with Crippen LogP contribution in [0, 0.1) is 12.8 Å². The minimum atomic E-state index is -0.0263. The van der Waals surface area contributed by atoms with E-state index in [4.69, 9.17) is 0 Å². The maximum atomic E-state index is 12.7. The molecule has 1 aliphatic rings. The predicted octanol–water partition coefficient (Wildman–Crippen LogP) is 1.54. The van der Waals surface area contributed by atoms with Crippen LogP contribution in [0.1, 0.15) is 43.4 Å². The number of aryl methyl sites for hydroxylation is 2. The number of carbonyl (C=O) groups excluding carboxylic acids is 2. The van der Waals surface area contributed by atoms with Crippen molar-refractivity contribution in [2.24, 2.45) is 5.92 Å². The zero-order chi connectivity index (χ0) is 16.3. The topological polar surface area (TPSA) is 58.4 Å². The molecule has 0 unspecified atom stereocenters. The molecule has 6 nitrogen and oxygen atoms in total. The fourth-order valence-corrected chi connectivity index (χ4v) is 2.82. The first-order chi connectivity index (χ1) is 10.4. The minimum absolute atomic E-state index is 0.0263. The molecule has 1 aromatic rings. The van der Waals surface area contributed by atoms with Gasteiger partial charge >= 0.3 is 0 Å². The summed E-state index contributed by atoms with van der Waals surface area (Å²) < 4.78 is 1.73. The number of rotatable bonds is 4. The molecule has 2 rings (SSSR count). The molecule has 122 valence electrons. The molecule has 0 aromatic carbocycles. The smallest absolute Gasteiger partial charge is 0.272 e. The van der Waals surface area contributed by atoms with Crippen molar-refractivity contribution in [2.45, 2.75) is 40.7 Å². The molecule has 2 heterocycles. The van der Waals surface area contributed by atoms with Crippen LogP contribution in [0.25, 0.3) is 0 Å². The van der Waals surface area contributed by atoms with Gasteiger partial charge in [0.2, 0.25) is 5.91 Å². The Morgan fingerprint density at radius 3 is 2.68 bits per heavy atom. The molecule has 1 saturated heterocycles. The van der Waals surface area contributed by atoms with Gasteiger partial charge in [-0.2, -0.15) is 5.10 Å². The first-order valence-corrected chi connectivity index (χ1v) is 8.03. The van der Waals surface area contributed by atoms with Crippen LogP contribution in [-0.4, -0.2) is 57.6 Å². The van der Waals surface area contributed by atoms with Gasteiger partial charge in [-0.15, -0.1) is 0 Å².